The van der Waals surface area contributed by atoms with E-state index in [0.717, 1.165) is 28.6 Å². The number of esters is 1. The Kier molecular flexibility index (Phi) is 6.86. The Morgan fingerprint density at radius 3 is 2.29 bits per heavy atom. The van der Waals surface area contributed by atoms with E-state index in [9.17, 15) is 22.8 Å². The van der Waals surface area contributed by atoms with E-state index in [1.54, 1.807) is 30.3 Å². The zero-order valence-corrected chi connectivity index (χ0v) is 18.0. The van der Waals surface area contributed by atoms with Crippen LogP contribution in [0, 0.1) is 0 Å². The molecule has 0 aliphatic rings. The molecule has 1 unspecified atom stereocenters. The summed E-state index contributed by atoms with van der Waals surface area (Å²) in [5.41, 5.74) is 0.144. The number of aromatic nitrogens is 4. The van der Waals surface area contributed by atoms with Crippen LogP contribution < -0.4 is 5.32 Å². The third-order valence-electron chi connectivity index (χ3n) is 4.89. The Hall–Kier alpha value is -4.54. The van der Waals surface area contributed by atoms with Gasteiger partial charge in [-0.3, -0.25) is 4.79 Å². The minimum Gasteiger partial charge on any atom is -0.442 e. The molecular formula is C24H18F3N5O3. The molecule has 0 bridgehead atoms. The zero-order valence-electron chi connectivity index (χ0n) is 18.0. The van der Waals surface area contributed by atoms with Crippen LogP contribution in [0.5, 0.6) is 0 Å². The van der Waals surface area contributed by atoms with Gasteiger partial charge in [-0.05, 0) is 17.7 Å². The molecule has 1 amide bonds. The standard InChI is InChI=1S/C24H18F3N5O3/c25-24(26,27)18-11-12-20(28-14-18)32-15-19(30-31-32)23(34)35-21(17-9-5-2-6-10-17)22(33)29-13-16-7-3-1-4-8-16/h1-12,14-15,21H,13H2,(H,29,33). The summed E-state index contributed by atoms with van der Waals surface area (Å²) >= 11 is 0. The van der Waals surface area contributed by atoms with Crippen molar-refractivity contribution >= 4 is 11.9 Å². The van der Waals surface area contributed by atoms with Gasteiger partial charge in [-0.1, -0.05) is 65.9 Å². The predicted octanol–water partition coefficient (Wildman–Crippen LogP) is 3.90. The van der Waals surface area contributed by atoms with E-state index in [4.69, 9.17) is 4.74 Å². The van der Waals surface area contributed by atoms with Crippen molar-refractivity contribution in [2.45, 2.75) is 18.8 Å². The van der Waals surface area contributed by atoms with Gasteiger partial charge in [0.05, 0.1) is 11.8 Å². The molecule has 1 N–H and O–H groups in total. The highest BCUT2D eigenvalue weighted by Crippen LogP contribution is 2.28. The summed E-state index contributed by atoms with van der Waals surface area (Å²) in [7, 11) is 0. The smallest absolute Gasteiger partial charge is 0.417 e. The molecule has 4 aromatic rings. The molecule has 0 saturated carbocycles. The van der Waals surface area contributed by atoms with E-state index >= 15 is 0 Å². The molecule has 8 nitrogen and oxygen atoms in total. The normalized spacial score (nSPS) is 12.1. The molecule has 4 rings (SSSR count). The fraction of sp³-hybridized carbons (Fsp3) is 0.125. The van der Waals surface area contributed by atoms with E-state index in [0.29, 0.717) is 11.8 Å². The predicted molar refractivity (Wildman–Crippen MR) is 117 cm³/mol. The molecule has 2 aromatic heterocycles. The van der Waals surface area contributed by atoms with Gasteiger partial charge in [0.1, 0.15) is 0 Å². The number of ether oxygens (including phenoxy) is 1. The minimum absolute atomic E-state index is 0.0183. The van der Waals surface area contributed by atoms with E-state index in [2.05, 4.69) is 20.6 Å². The Bertz CT molecular complexity index is 1290. The lowest BCUT2D eigenvalue weighted by atomic mass is 10.1. The molecule has 1 atom stereocenters. The molecule has 178 valence electrons. The van der Waals surface area contributed by atoms with Crippen LogP contribution in [0.1, 0.15) is 33.3 Å². The number of hydrogen-bond acceptors (Lipinski definition) is 6. The number of nitrogens with zero attached hydrogens (tertiary/aromatic N) is 4. The topological polar surface area (TPSA) is 99.0 Å². The van der Waals surface area contributed by atoms with Gasteiger partial charge in [-0.25, -0.2) is 14.5 Å². The van der Waals surface area contributed by atoms with Gasteiger partial charge < -0.3 is 10.1 Å². The summed E-state index contributed by atoms with van der Waals surface area (Å²) in [6.45, 7) is 0.232. The molecular weight excluding hydrogens is 463 g/mol. The van der Waals surface area contributed by atoms with Gasteiger partial charge in [-0.15, -0.1) is 5.10 Å². The van der Waals surface area contributed by atoms with Crippen LogP contribution in [0.25, 0.3) is 5.82 Å². The molecule has 0 fully saturated rings. The van der Waals surface area contributed by atoms with Crippen LogP contribution in [0.2, 0.25) is 0 Å². The number of carbonyl (C=O) groups is 2. The lowest BCUT2D eigenvalue weighted by Gasteiger charge is -2.17. The first-order valence-electron chi connectivity index (χ1n) is 10.3. The number of hydrogen-bond donors (Lipinski definition) is 1. The molecule has 0 saturated heterocycles. The van der Waals surface area contributed by atoms with Crippen LogP contribution in [-0.4, -0.2) is 31.9 Å². The van der Waals surface area contributed by atoms with Gasteiger partial charge in [0.2, 0.25) is 6.10 Å². The number of pyridine rings is 1. The van der Waals surface area contributed by atoms with Crippen molar-refractivity contribution in [2.24, 2.45) is 0 Å². The van der Waals surface area contributed by atoms with Crippen LogP contribution in [0.15, 0.2) is 85.2 Å². The zero-order chi connectivity index (χ0) is 24.8. The number of rotatable bonds is 7. The van der Waals surface area contributed by atoms with Crippen molar-refractivity contribution in [3.05, 3.63) is 108 Å². The van der Waals surface area contributed by atoms with Crippen molar-refractivity contribution in [3.8, 4) is 5.82 Å². The van der Waals surface area contributed by atoms with Gasteiger partial charge in [0.25, 0.3) is 5.91 Å². The van der Waals surface area contributed by atoms with Gasteiger partial charge >= 0.3 is 12.1 Å². The third-order valence-corrected chi connectivity index (χ3v) is 4.89. The Morgan fingerprint density at radius 1 is 0.971 bits per heavy atom. The molecule has 2 aromatic carbocycles. The first-order chi connectivity index (χ1) is 16.8. The first kappa shape index (κ1) is 23.6. The highest BCUT2D eigenvalue weighted by Gasteiger charge is 2.31. The van der Waals surface area contributed by atoms with E-state index in [1.165, 1.54) is 0 Å². The van der Waals surface area contributed by atoms with Crippen molar-refractivity contribution in [1.29, 1.82) is 0 Å². The maximum Gasteiger partial charge on any atom is 0.417 e. The maximum absolute atomic E-state index is 12.9. The maximum atomic E-state index is 12.9. The number of alkyl halides is 3. The van der Waals surface area contributed by atoms with Gasteiger partial charge in [0.15, 0.2) is 11.5 Å². The lowest BCUT2D eigenvalue weighted by molar-refractivity contribution is -0.137. The molecule has 35 heavy (non-hydrogen) atoms. The average Bonchev–Trinajstić information content (AvgIpc) is 3.37. The lowest BCUT2D eigenvalue weighted by Crippen LogP contribution is -2.32. The molecule has 11 heteroatoms. The van der Waals surface area contributed by atoms with E-state index in [1.807, 2.05) is 30.3 Å². The van der Waals surface area contributed by atoms with Crippen LogP contribution in [0.3, 0.4) is 0 Å². The second-order valence-corrected chi connectivity index (χ2v) is 7.35. The van der Waals surface area contributed by atoms with E-state index < -0.39 is 29.7 Å². The fourth-order valence-corrected chi connectivity index (χ4v) is 3.10. The van der Waals surface area contributed by atoms with Crippen molar-refractivity contribution < 1.29 is 27.5 Å². The number of amides is 1. The SMILES string of the molecule is O=C(OC(C(=O)NCc1ccccc1)c1ccccc1)c1cn(-c2ccc(C(F)(F)F)cn2)nn1. The van der Waals surface area contributed by atoms with Crippen LogP contribution in [-0.2, 0) is 22.3 Å². The van der Waals surface area contributed by atoms with Gasteiger partial charge in [-0.2, -0.15) is 13.2 Å². The largest absolute Gasteiger partial charge is 0.442 e. The van der Waals surface area contributed by atoms with Crippen molar-refractivity contribution in [1.82, 2.24) is 25.3 Å². The third kappa shape index (κ3) is 5.88. The second kappa shape index (κ2) is 10.2. The monoisotopic (exact) mass is 481 g/mol. The molecule has 0 aliphatic carbocycles. The molecule has 0 aliphatic heterocycles. The number of halogens is 3. The quantitative estimate of drug-likeness (QED) is 0.402. The highest BCUT2D eigenvalue weighted by atomic mass is 19.4. The first-order valence-corrected chi connectivity index (χ1v) is 10.3. The van der Waals surface area contributed by atoms with Gasteiger partial charge in [0, 0.05) is 18.3 Å². The van der Waals surface area contributed by atoms with E-state index in [-0.39, 0.29) is 18.1 Å². The average molecular weight is 481 g/mol. The Balaban J connectivity index is 1.49. The van der Waals surface area contributed by atoms with Crippen LogP contribution >= 0.6 is 0 Å². The molecule has 0 spiro atoms. The van der Waals surface area contributed by atoms with Crippen molar-refractivity contribution in [3.63, 3.8) is 0 Å². The highest BCUT2D eigenvalue weighted by molar-refractivity contribution is 5.91. The second-order valence-electron chi connectivity index (χ2n) is 7.35. The summed E-state index contributed by atoms with van der Waals surface area (Å²) in [6.07, 6.45) is -3.99. The minimum atomic E-state index is -4.53. The summed E-state index contributed by atoms with van der Waals surface area (Å²) in [5, 5.41) is 10.2. The summed E-state index contributed by atoms with van der Waals surface area (Å²) in [5.74, 6) is -1.46. The summed E-state index contributed by atoms with van der Waals surface area (Å²) in [6, 6.07) is 19.6. The summed E-state index contributed by atoms with van der Waals surface area (Å²) < 4.78 is 44.7. The Morgan fingerprint density at radius 2 is 1.66 bits per heavy atom. The van der Waals surface area contributed by atoms with Crippen molar-refractivity contribution in [2.75, 3.05) is 0 Å². The number of carbonyl (C=O) groups excluding carboxylic acids is 2. The fourth-order valence-electron chi connectivity index (χ4n) is 3.10. The summed E-state index contributed by atoms with van der Waals surface area (Å²) in [4.78, 5) is 29.3. The molecule has 0 radical (unpaired) electrons. The Labute approximate surface area is 197 Å². The number of nitrogens with one attached hydrogen (secondary N) is 1. The molecule has 2 heterocycles. The number of benzene rings is 2. The van der Waals surface area contributed by atoms with Crippen LogP contribution in [0.4, 0.5) is 13.2 Å².